The standard InChI is InChI=1S/C20H20N2O5S/c1-22-12-16(18(23)20(22)25)19(24)21-11-13-6-5-7-14(10-13)15-8-3-4-9-17(15)28(2,26)27/h3-10,16H,11-12H2,1-2H3,(H,21,24). The fraction of sp³-hybridized carbons (Fsp3) is 0.250. The lowest BCUT2D eigenvalue weighted by molar-refractivity contribution is -0.142. The molecule has 28 heavy (non-hydrogen) atoms. The van der Waals surface area contributed by atoms with E-state index in [9.17, 15) is 22.8 Å². The predicted molar refractivity (Wildman–Crippen MR) is 103 cm³/mol. The van der Waals surface area contributed by atoms with Gasteiger partial charge in [-0.05, 0) is 23.3 Å². The quantitative estimate of drug-likeness (QED) is 0.597. The summed E-state index contributed by atoms with van der Waals surface area (Å²) < 4.78 is 24.1. The van der Waals surface area contributed by atoms with Crippen molar-refractivity contribution in [1.29, 1.82) is 0 Å². The molecule has 2 aromatic carbocycles. The first-order chi connectivity index (χ1) is 13.2. The number of nitrogens with one attached hydrogen (secondary N) is 1. The number of rotatable bonds is 5. The molecular formula is C20H20N2O5S. The Morgan fingerprint density at radius 3 is 2.50 bits per heavy atom. The Morgan fingerprint density at radius 2 is 1.86 bits per heavy atom. The Bertz CT molecular complexity index is 1060. The first kappa shape index (κ1) is 19.8. The lowest BCUT2D eigenvalue weighted by Crippen LogP contribution is -2.35. The highest BCUT2D eigenvalue weighted by molar-refractivity contribution is 7.90. The first-order valence-electron chi connectivity index (χ1n) is 8.64. The molecule has 2 amide bonds. The van der Waals surface area contributed by atoms with Gasteiger partial charge in [-0.3, -0.25) is 14.4 Å². The second kappa shape index (κ2) is 7.55. The van der Waals surface area contributed by atoms with Gasteiger partial charge >= 0.3 is 0 Å². The average molecular weight is 400 g/mol. The van der Waals surface area contributed by atoms with E-state index in [0.29, 0.717) is 11.1 Å². The molecule has 1 saturated heterocycles. The Labute approximate surface area is 163 Å². The normalized spacial score (nSPS) is 17.1. The van der Waals surface area contributed by atoms with E-state index in [0.717, 1.165) is 11.8 Å². The molecule has 1 unspecified atom stereocenters. The Morgan fingerprint density at radius 1 is 1.14 bits per heavy atom. The minimum absolute atomic E-state index is 0.0747. The topological polar surface area (TPSA) is 101 Å². The summed E-state index contributed by atoms with van der Waals surface area (Å²) in [6, 6.07) is 13.9. The summed E-state index contributed by atoms with van der Waals surface area (Å²) in [6.45, 7) is 0.237. The minimum Gasteiger partial charge on any atom is -0.351 e. The van der Waals surface area contributed by atoms with Crippen molar-refractivity contribution >= 4 is 27.4 Å². The van der Waals surface area contributed by atoms with E-state index in [1.807, 2.05) is 0 Å². The van der Waals surface area contributed by atoms with Crippen LogP contribution in [0.3, 0.4) is 0 Å². The third kappa shape index (κ3) is 3.96. The highest BCUT2D eigenvalue weighted by atomic mass is 32.2. The lowest BCUT2D eigenvalue weighted by Gasteiger charge is -2.12. The molecule has 8 heteroatoms. The predicted octanol–water partition coefficient (Wildman–Crippen LogP) is 1.03. The second-order valence-corrected chi connectivity index (χ2v) is 8.77. The van der Waals surface area contributed by atoms with E-state index in [2.05, 4.69) is 5.32 Å². The average Bonchev–Trinajstić information content (AvgIpc) is 2.93. The van der Waals surface area contributed by atoms with Crippen molar-refractivity contribution in [2.24, 2.45) is 5.92 Å². The molecule has 1 atom stereocenters. The fourth-order valence-corrected chi connectivity index (χ4v) is 4.08. The van der Waals surface area contributed by atoms with E-state index in [4.69, 9.17) is 0 Å². The van der Waals surface area contributed by atoms with Gasteiger partial charge in [-0.25, -0.2) is 8.42 Å². The molecule has 1 heterocycles. The smallest absolute Gasteiger partial charge is 0.290 e. The number of likely N-dealkylation sites (tertiary alicyclic amines) is 1. The maximum Gasteiger partial charge on any atom is 0.290 e. The van der Waals surface area contributed by atoms with Crippen LogP contribution in [0.25, 0.3) is 11.1 Å². The molecule has 1 N–H and O–H groups in total. The number of hydrogen-bond donors (Lipinski definition) is 1. The largest absolute Gasteiger partial charge is 0.351 e. The van der Waals surface area contributed by atoms with Crippen LogP contribution < -0.4 is 5.32 Å². The number of ketones is 1. The number of benzene rings is 2. The summed E-state index contributed by atoms with van der Waals surface area (Å²) in [4.78, 5) is 37.1. The number of nitrogens with zero attached hydrogens (tertiary/aromatic N) is 1. The molecule has 0 aliphatic carbocycles. The molecule has 0 spiro atoms. The number of carbonyl (C=O) groups excluding carboxylic acids is 3. The molecule has 7 nitrogen and oxygen atoms in total. The van der Waals surface area contributed by atoms with Gasteiger partial charge in [0.15, 0.2) is 9.84 Å². The van der Waals surface area contributed by atoms with Crippen LogP contribution in [0.2, 0.25) is 0 Å². The van der Waals surface area contributed by atoms with Crippen molar-refractivity contribution in [2.75, 3.05) is 19.8 Å². The van der Waals surface area contributed by atoms with Gasteiger partial charge in [0.25, 0.3) is 5.91 Å². The van der Waals surface area contributed by atoms with Gasteiger partial charge in [0.05, 0.1) is 4.90 Å². The number of hydrogen-bond acceptors (Lipinski definition) is 5. The van der Waals surface area contributed by atoms with Gasteiger partial charge in [0, 0.05) is 32.0 Å². The van der Waals surface area contributed by atoms with Crippen LogP contribution in [-0.4, -0.2) is 50.8 Å². The highest BCUT2D eigenvalue weighted by Gasteiger charge is 2.41. The monoisotopic (exact) mass is 400 g/mol. The van der Waals surface area contributed by atoms with Crippen LogP contribution in [0.5, 0.6) is 0 Å². The highest BCUT2D eigenvalue weighted by Crippen LogP contribution is 2.27. The van der Waals surface area contributed by atoms with Crippen LogP contribution >= 0.6 is 0 Å². The molecule has 0 saturated carbocycles. The van der Waals surface area contributed by atoms with Crippen molar-refractivity contribution in [3.63, 3.8) is 0 Å². The molecular weight excluding hydrogens is 380 g/mol. The zero-order valence-electron chi connectivity index (χ0n) is 15.5. The third-order valence-electron chi connectivity index (χ3n) is 4.64. The molecule has 1 fully saturated rings. The van der Waals surface area contributed by atoms with E-state index >= 15 is 0 Å². The number of sulfone groups is 1. The summed E-state index contributed by atoms with van der Waals surface area (Å²) in [5.41, 5.74) is 2.04. The summed E-state index contributed by atoms with van der Waals surface area (Å²) >= 11 is 0. The van der Waals surface area contributed by atoms with Crippen LogP contribution in [0.15, 0.2) is 53.4 Å². The number of amides is 2. The van der Waals surface area contributed by atoms with Gasteiger partial charge in [-0.1, -0.05) is 36.4 Å². The van der Waals surface area contributed by atoms with Gasteiger partial charge in [0.2, 0.25) is 11.7 Å². The summed E-state index contributed by atoms with van der Waals surface area (Å²) in [5.74, 6) is -2.84. The molecule has 0 aromatic heterocycles. The maximum atomic E-state index is 12.3. The van der Waals surface area contributed by atoms with Gasteiger partial charge < -0.3 is 10.2 Å². The van der Waals surface area contributed by atoms with E-state index in [1.165, 1.54) is 11.9 Å². The van der Waals surface area contributed by atoms with Crippen LogP contribution in [0.4, 0.5) is 0 Å². The molecule has 0 radical (unpaired) electrons. The van der Waals surface area contributed by atoms with Crippen LogP contribution in [0, 0.1) is 5.92 Å². The SMILES string of the molecule is CN1CC(C(=O)NCc2cccc(-c3ccccc3S(C)(=O)=O)c2)C(=O)C1=O. The van der Waals surface area contributed by atoms with Crippen molar-refractivity contribution < 1.29 is 22.8 Å². The summed E-state index contributed by atoms with van der Waals surface area (Å²) in [5, 5.41) is 2.68. The Hall–Kier alpha value is -3.00. The molecule has 146 valence electrons. The van der Waals surface area contributed by atoms with Crippen LogP contribution in [-0.2, 0) is 30.8 Å². The number of likely N-dealkylation sites (N-methyl/N-ethyl adjacent to an activating group) is 1. The number of carbonyl (C=O) groups is 3. The fourth-order valence-electron chi connectivity index (χ4n) is 3.17. The minimum atomic E-state index is -3.39. The van der Waals surface area contributed by atoms with Crippen molar-refractivity contribution in [1.82, 2.24) is 10.2 Å². The zero-order chi connectivity index (χ0) is 20.5. The van der Waals surface area contributed by atoms with Gasteiger partial charge in [-0.2, -0.15) is 0 Å². The number of Topliss-reactive ketones (excluding diaryl/α,β-unsaturated/α-hetero) is 1. The van der Waals surface area contributed by atoms with Crippen molar-refractivity contribution in [3.8, 4) is 11.1 Å². The molecule has 1 aliphatic heterocycles. The van der Waals surface area contributed by atoms with E-state index < -0.39 is 33.4 Å². The zero-order valence-corrected chi connectivity index (χ0v) is 16.3. The van der Waals surface area contributed by atoms with Crippen molar-refractivity contribution in [2.45, 2.75) is 11.4 Å². The Kier molecular flexibility index (Phi) is 5.33. The van der Waals surface area contributed by atoms with Crippen molar-refractivity contribution in [3.05, 3.63) is 54.1 Å². The van der Waals surface area contributed by atoms with E-state index in [1.54, 1.807) is 48.5 Å². The maximum absolute atomic E-state index is 12.3. The third-order valence-corrected chi connectivity index (χ3v) is 5.79. The molecule has 1 aliphatic rings. The molecule has 0 bridgehead atoms. The first-order valence-corrected chi connectivity index (χ1v) is 10.5. The van der Waals surface area contributed by atoms with Gasteiger partial charge in [-0.15, -0.1) is 0 Å². The molecule has 2 aromatic rings. The second-order valence-electron chi connectivity index (χ2n) is 6.79. The Balaban J connectivity index is 1.78. The molecule has 3 rings (SSSR count). The van der Waals surface area contributed by atoms with Gasteiger partial charge in [0.1, 0.15) is 5.92 Å². The summed E-state index contributed by atoms with van der Waals surface area (Å²) in [7, 11) is -1.91. The van der Waals surface area contributed by atoms with Crippen LogP contribution in [0.1, 0.15) is 5.56 Å². The lowest BCUT2D eigenvalue weighted by atomic mass is 10.0. The summed E-state index contributed by atoms with van der Waals surface area (Å²) in [6.07, 6.45) is 1.16. The van der Waals surface area contributed by atoms with E-state index in [-0.39, 0.29) is 18.0 Å².